The first kappa shape index (κ1) is 21.9. The van der Waals surface area contributed by atoms with Gasteiger partial charge in [-0.1, -0.05) is 55.1 Å². The topological polar surface area (TPSA) is 105 Å². The number of para-hydroxylation sites is 1. The van der Waals surface area contributed by atoms with E-state index in [1.165, 1.54) is 0 Å². The standard InChI is InChI=1S/C23H26ClN3O3S/c24-19-11-10-15(13-22(19)31(29,30)27-16-6-2-1-3-7-16)12-21-18(14-23(25)28)17-8-4-5-9-20(17)26-21/h4-5,8-11,13,16,26-27H,1-3,6-7,12,14H2,(H2,25,28). The average Bonchev–Trinajstić information content (AvgIpc) is 3.06. The van der Waals surface area contributed by atoms with Gasteiger partial charge in [0.05, 0.1) is 11.4 Å². The van der Waals surface area contributed by atoms with Crippen molar-refractivity contribution in [2.75, 3.05) is 0 Å². The highest BCUT2D eigenvalue weighted by atomic mass is 35.5. The molecule has 0 radical (unpaired) electrons. The molecule has 6 nitrogen and oxygen atoms in total. The van der Waals surface area contributed by atoms with E-state index in [9.17, 15) is 13.2 Å². The third kappa shape index (κ3) is 4.95. The number of carbonyl (C=O) groups is 1. The number of sulfonamides is 1. The van der Waals surface area contributed by atoms with Gasteiger partial charge in [0.1, 0.15) is 4.90 Å². The van der Waals surface area contributed by atoms with Crippen molar-refractivity contribution in [2.45, 2.75) is 55.9 Å². The maximum absolute atomic E-state index is 13.0. The molecule has 8 heteroatoms. The lowest BCUT2D eigenvalue weighted by atomic mass is 9.96. The molecule has 164 valence electrons. The van der Waals surface area contributed by atoms with Gasteiger partial charge in [-0.25, -0.2) is 13.1 Å². The van der Waals surface area contributed by atoms with Crippen molar-refractivity contribution in [1.82, 2.24) is 9.71 Å². The number of aromatic nitrogens is 1. The Balaban J connectivity index is 1.65. The third-order valence-electron chi connectivity index (χ3n) is 5.85. The van der Waals surface area contributed by atoms with E-state index >= 15 is 0 Å². The number of nitrogens with one attached hydrogen (secondary N) is 2. The van der Waals surface area contributed by atoms with Crippen molar-refractivity contribution in [3.8, 4) is 0 Å². The van der Waals surface area contributed by atoms with Gasteiger partial charge in [-0.05, 0) is 42.2 Å². The largest absolute Gasteiger partial charge is 0.369 e. The Labute approximate surface area is 187 Å². The number of primary amides is 1. The van der Waals surface area contributed by atoms with Crippen molar-refractivity contribution in [3.05, 3.63) is 64.3 Å². The Morgan fingerprint density at radius 2 is 1.87 bits per heavy atom. The minimum absolute atomic E-state index is 0.0469. The van der Waals surface area contributed by atoms with Crippen molar-refractivity contribution in [1.29, 1.82) is 0 Å². The summed E-state index contributed by atoms with van der Waals surface area (Å²) in [7, 11) is -3.73. The molecule has 0 atom stereocenters. The highest BCUT2D eigenvalue weighted by Crippen LogP contribution is 2.29. The van der Waals surface area contributed by atoms with Crippen LogP contribution >= 0.6 is 11.6 Å². The fourth-order valence-corrected chi connectivity index (χ4v) is 6.21. The minimum Gasteiger partial charge on any atom is -0.369 e. The first-order valence-electron chi connectivity index (χ1n) is 10.5. The number of halogens is 1. The summed E-state index contributed by atoms with van der Waals surface area (Å²) < 4.78 is 28.9. The number of H-pyrrole nitrogens is 1. The molecular formula is C23H26ClN3O3S. The predicted molar refractivity (Wildman–Crippen MR) is 123 cm³/mol. The van der Waals surface area contributed by atoms with E-state index in [1.807, 2.05) is 30.3 Å². The molecule has 0 aliphatic heterocycles. The van der Waals surface area contributed by atoms with Gasteiger partial charge in [0.25, 0.3) is 0 Å². The summed E-state index contributed by atoms with van der Waals surface area (Å²) in [6.07, 6.45) is 5.45. The number of fused-ring (bicyclic) bond motifs is 1. The van der Waals surface area contributed by atoms with Crippen LogP contribution < -0.4 is 10.5 Å². The lowest BCUT2D eigenvalue weighted by Crippen LogP contribution is -2.36. The summed E-state index contributed by atoms with van der Waals surface area (Å²) in [5.74, 6) is -0.415. The van der Waals surface area contributed by atoms with Crippen LogP contribution in [0.15, 0.2) is 47.4 Å². The van der Waals surface area contributed by atoms with E-state index in [0.29, 0.717) is 6.42 Å². The molecule has 1 saturated carbocycles. The second-order valence-corrected chi connectivity index (χ2v) is 10.3. The van der Waals surface area contributed by atoms with Gasteiger partial charge in [-0.15, -0.1) is 0 Å². The number of carbonyl (C=O) groups excluding carboxylic acids is 1. The van der Waals surface area contributed by atoms with Crippen LogP contribution in [-0.2, 0) is 27.7 Å². The second kappa shape index (κ2) is 9.02. The lowest BCUT2D eigenvalue weighted by molar-refractivity contribution is -0.117. The number of rotatable bonds is 7. The number of aromatic amines is 1. The van der Waals surface area contributed by atoms with Gasteiger partial charge in [0.15, 0.2) is 0 Å². The van der Waals surface area contributed by atoms with Crippen LogP contribution in [-0.4, -0.2) is 25.4 Å². The molecule has 4 rings (SSSR count). The fourth-order valence-electron chi connectivity index (χ4n) is 4.35. The molecule has 3 aromatic rings. The molecule has 31 heavy (non-hydrogen) atoms. The summed E-state index contributed by atoms with van der Waals surface area (Å²) in [5.41, 5.74) is 8.84. The molecule has 1 heterocycles. The van der Waals surface area contributed by atoms with Crippen LogP contribution in [0.4, 0.5) is 0 Å². The summed E-state index contributed by atoms with van der Waals surface area (Å²) in [6, 6.07) is 12.7. The Bertz CT molecular complexity index is 1210. The Hall–Kier alpha value is -2.35. The second-order valence-electron chi connectivity index (χ2n) is 8.17. The van der Waals surface area contributed by atoms with Crippen molar-refractivity contribution >= 4 is 38.4 Å². The zero-order chi connectivity index (χ0) is 22.0. The molecule has 0 spiro atoms. The maximum atomic E-state index is 13.0. The average molecular weight is 460 g/mol. The van der Waals surface area contributed by atoms with Crippen LogP contribution in [0.25, 0.3) is 10.9 Å². The van der Waals surface area contributed by atoms with Gasteiger partial charge in [0.2, 0.25) is 15.9 Å². The Morgan fingerprint density at radius 1 is 1.13 bits per heavy atom. The summed E-state index contributed by atoms with van der Waals surface area (Å²) in [6.45, 7) is 0. The SMILES string of the molecule is NC(=O)Cc1c(Cc2ccc(Cl)c(S(=O)(=O)NC3CCCCC3)c2)[nH]c2ccccc12. The molecule has 1 amide bonds. The fraction of sp³-hybridized carbons (Fsp3) is 0.348. The molecule has 0 bridgehead atoms. The van der Waals surface area contributed by atoms with E-state index in [2.05, 4.69) is 9.71 Å². The Kier molecular flexibility index (Phi) is 6.36. The number of amides is 1. The van der Waals surface area contributed by atoms with Crippen molar-refractivity contribution in [2.24, 2.45) is 5.73 Å². The molecule has 1 fully saturated rings. The van der Waals surface area contributed by atoms with Gasteiger partial charge < -0.3 is 10.7 Å². The maximum Gasteiger partial charge on any atom is 0.242 e. The van der Waals surface area contributed by atoms with Gasteiger partial charge in [-0.3, -0.25) is 4.79 Å². The van der Waals surface area contributed by atoms with E-state index in [1.54, 1.807) is 12.1 Å². The molecule has 0 saturated heterocycles. The number of hydrogen-bond donors (Lipinski definition) is 3. The van der Waals surface area contributed by atoms with Crippen molar-refractivity contribution < 1.29 is 13.2 Å². The molecule has 2 aromatic carbocycles. The van der Waals surface area contributed by atoms with Crippen molar-refractivity contribution in [3.63, 3.8) is 0 Å². The highest BCUT2D eigenvalue weighted by molar-refractivity contribution is 7.89. The van der Waals surface area contributed by atoms with Crippen LogP contribution in [0.5, 0.6) is 0 Å². The first-order chi connectivity index (χ1) is 14.8. The van der Waals surface area contributed by atoms with Crippen LogP contribution in [0.2, 0.25) is 5.02 Å². The van der Waals surface area contributed by atoms with Gasteiger partial charge >= 0.3 is 0 Å². The summed E-state index contributed by atoms with van der Waals surface area (Å²) in [5, 5.41) is 1.14. The first-order valence-corrected chi connectivity index (χ1v) is 12.4. The molecule has 1 aliphatic rings. The Morgan fingerprint density at radius 3 is 2.61 bits per heavy atom. The van der Waals surface area contributed by atoms with Crippen LogP contribution in [0, 0.1) is 0 Å². The van der Waals surface area contributed by atoms with E-state index in [4.69, 9.17) is 17.3 Å². The van der Waals surface area contributed by atoms with E-state index in [0.717, 1.165) is 59.8 Å². The minimum atomic E-state index is -3.73. The number of nitrogens with two attached hydrogens (primary N) is 1. The predicted octanol–water partition coefficient (Wildman–Crippen LogP) is 4.05. The monoisotopic (exact) mass is 459 g/mol. The number of hydrogen-bond acceptors (Lipinski definition) is 3. The van der Waals surface area contributed by atoms with Gasteiger partial charge in [0, 0.05) is 29.1 Å². The quantitative estimate of drug-likeness (QED) is 0.496. The molecule has 4 N–H and O–H groups in total. The molecular weight excluding hydrogens is 434 g/mol. The smallest absolute Gasteiger partial charge is 0.242 e. The number of benzene rings is 2. The molecule has 0 unspecified atom stereocenters. The van der Waals surface area contributed by atoms with Crippen LogP contribution in [0.3, 0.4) is 0 Å². The van der Waals surface area contributed by atoms with E-state index in [-0.39, 0.29) is 22.4 Å². The molecule has 1 aliphatic carbocycles. The van der Waals surface area contributed by atoms with Gasteiger partial charge in [-0.2, -0.15) is 0 Å². The lowest BCUT2D eigenvalue weighted by Gasteiger charge is -2.23. The zero-order valence-electron chi connectivity index (χ0n) is 17.2. The highest BCUT2D eigenvalue weighted by Gasteiger charge is 2.24. The third-order valence-corrected chi connectivity index (χ3v) is 7.85. The summed E-state index contributed by atoms with van der Waals surface area (Å²) in [4.78, 5) is 15.1. The zero-order valence-corrected chi connectivity index (χ0v) is 18.7. The summed E-state index contributed by atoms with van der Waals surface area (Å²) >= 11 is 6.28. The van der Waals surface area contributed by atoms with E-state index < -0.39 is 15.9 Å². The molecule has 1 aromatic heterocycles. The normalized spacial score (nSPS) is 15.4. The van der Waals surface area contributed by atoms with Crippen LogP contribution in [0.1, 0.15) is 48.9 Å².